The van der Waals surface area contributed by atoms with Gasteiger partial charge in [0, 0.05) is 13.6 Å². The summed E-state index contributed by atoms with van der Waals surface area (Å²) in [6, 6.07) is -0.455. The lowest BCUT2D eigenvalue weighted by Crippen LogP contribution is -2.46. The quantitative estimate of drug-likeness (QED) is 0.552. The monoisotopic (exact) mass is 258 g/mol. The van der Waals surface area contributed by atoms with Gasteiger partial charge in [0.2, 0.25) is 0 Å². The van der Waals surface area contributed by atoms with Gasteiger partial charge in [-0.15, -0.1) is 0 Å². The second kappa shape index (κ2) is 7.20. The number of hydroxylamine groups is 2. The summed E-state index contributed by atoms with van der Waals surface area (Å²) >= 11 is 0. The number of likely N-dealkylation sites (N-methyl/N-ethyl adjacent to an activating group) is 1. The number of carbonyl (C=O) groups excluding carboxylic acids is 2. The fraction of sp³-hybridized carbons (Fsp3) is 0.833. The summed E-state index contributed by atoms with van der Waals surface area (Å²) in [7, 11) is 2.97. The summed E-state index contributed by atoms with van der Waals surface area (Å²) in [5, 5.41) is 1.16. The largest absolute Gasteiger partial charge is 0.449 e. The first-order valence-electron chi connectivity index (χ1n) is 6.36. The highest BCUT2D eigenvalue weighted by molar-refractivity contribution is 5.85. The van der Waals surface area contributed by atoms with Crippen molar-refractivity contribution in [1.29, 1.82) is 0 Å². The summed E-state index contributed by atoms with van der Waals surface area (Å²) in [4.78, 5) is 30.2. The first-order valence-corrected chi connectivity index (χ1v) is 6.36. The molecule has 0 aromatic carbocycles. The number of hydrogen-bond donors (Lipinski definition) is 0. The van der Waals surface area contributed by atoms with Gasteiger partial charge in [-0.05, 0) is 19.3 Å². The molecule has 0 spiro atoms. The molecule has 1 saturated heterocycles. The predicted molar refractivity (Wildman–Crippen MR) is 65.8 cm³/mol. The van der Waals surface area contributed by atoms with Crippen molar-refractivity contribution in [2.24, 2.45) is 0 Å². The van der Waals surface area contributed by atoms with E-state index in [1.165, 1.54) is 12.0 Å². The van der Waals surface area contributed by atoms with Crippen LogP contribution in [-0.2, 0) is 14.4 Å². The molecule has 104 valence electrons. The number of unbranched alkanes of at least 4 members (excludes halogenated alkanes) is 1. The van der Waals surface area contributed by atoms with Crippen LogP contribution in [0.4, 0.5) is 4.79 Å². The van der Waals surface area contributed by atoms with E-state index in [0.717, 1.165) is 24.3 Å². The molecule has 1 aliphatic rings. The second-order valence-electron chi connectivity index (χ2n) is 4.34. The van der Waals surface area contributed by atoms with E-state index in [9.17, 15) is 9.59 Å². The summed E-state index contributed by atoms with van der Waals surface area (Å²) < 4.78 is 5.14. The molecule has 0 aliphatic carbocycles. The molecule has 0 aromatic rings. The van der Waals surface area contributed by atoms with Crippen molar-refractivity contribution in [1.82, 2.24) is 9.96 Å². The van der Waals surface area contributed by atoms with Crippen molar-refractivity contribution in [3.05, 3.63) is 0 Å². The molecule has 1 atom stereocenters. The zero-order valence-corrected chi connectivity index (χ0v) is 11.3. The van der Waals surface area contributed by atoms with E-state index in [0.29, 0.717) is 19.6 Å². The van der Waals surface area contributed by atoms with Crippen LogP contribution in [0, 0.1) is 0 Å². The third kappa shape index (κ3) is 3.60. The Hall–Kier alpha value is -1.30. The van der Waals surface area contributed by atoms with Crippen molar-refractivity contribution in [2.45, 2.75) is 38.6 Å². The molecule has 0 saturated carbocycles. The Bertz CT molecular complexity index is 296. The molecule has 6 nitrogen and oxygen atoms in total. The maximum atomic E-state index is 12.0. The normalized spacial score (nSPS) is 18.8. The van der Waals surface area contributed by atoms with Crippen LogP contribution < -0.4 is 0 Å². The van der Waals surface area contributed by atoms with Crippen molar-refractivity contribution in [3.8, 4) is 0 Å². The van der Waals surface area contributed by atoms with E-state index in [-0.39, 0.29) is 5.91 Å². The number of ether oxygens (including phenoxy) is 1. The molecule has 0 radical (unpaired) electrons. The molecule has 0 bridgehead atoms. The Morgan fingerprint density at radius 1 is 1.44 bits per heavy atom. The highest BCUT2D eigenvalue weighted by atomic mass is 16.7. The van der Waals surface area contributed by atoms with Crippen molar-refractivity contribution in [3.63, 3.8) is 0 Å². The Labute approximate surface area is 108 Å². The van der Waals surface area contributed by atoms with Crippen molar-refractivity contribution in [2.75, 3.05) is 27.3 Å². The minimum Gasteiger partial charge on any atom is -0.449 e. The van der Waals surface area contributed by atoms with Crippen molar-refractivity contribution >= 4 is 12.0 Å². The SMILES string of the molecule is CCCCOC(=O)N1CCC[C@H]1C(=O)N(C)OC. The Balaban J connectivity index is 2.53. The maximum Gasteiger partial charge on any atom is 0.410 e. The molecule has 6 heteroatoms. The average Bonchev–Trinajstić information content (AvgIpc) is 2.86. The first kappa shape index (κ1) is 14.8. The van der Waals surface area contributed by atoms with Crippen LogP contribution in [0.3, 0.4) is 0 Å². The summed E-state index contributed by atoms with van der Waals surface area (Å²) in [6.45, 7) is 3.01. The fourth-order valence-corrected chi connectivity index (χ4v) is 1.93. The van der Waals surface area contributed by atoms with Crippen LogP contribution in [0.1, 0.15) is 32.6 Å². The standard InChI is InChI=1S/C12H22N2O4/c1-4-5-9-18-12(16)14-8-6-7-10(14)11(15)13(2)17-3/h10H,4-9H2,1-3H3/t10-/m0/s1. The summed E-state index contributed by atoms with van der Waals surface area (Å²) in [5.41, 5.74) is 0. The Morgan fingerprint density at radius 2 is 2.17 bits per heavy atom. The Morgan fingerprint density at radius 3 is 2.78 bits per heavy atom. The summed E-state index contributed by atoms with van der Waals surface area (Å²) in [6.07, 6.45) is 2.90. The van der Waals surface area contributed by atoms with Crippen LogP contribution in [-0.4, -0.2) is 55.3 Å². The Kier molecular flexibility index (Phi) is 5.91. The first-order chi connectivity index (χ1) is 8.61. The number of hydrogen-bond acceptors (Lipinski definition) is 4. The highest BCUT2D eigenvalue weighted by Gasteiger charge is 2.36. The van der Waals surface area contributed by atoms with Gasteiger partial charge in [0.1, 0.15) is 6.04 Å². The van der Waals surface area contributed by atoms with Gasteiger partial charge in [0.25, 0.3) is 5.91 Å². The molecular weight excluding hydrogens is 236 g/mol. The van der Waals surface area contributed by atoms with Gasteiger partial charge in [-0.3, -0.25) is 14.5 Å². The topological polar surface area (TPSA) is 59.1 Å². The smallest absolute Gasteiger partial charge is 0.410 e. The number of likely N-dealkylation sites (tertiary alicyclic amines) is 1. The van der Waals surface area contributed by atoms with Gasteiger partial charge in [-0.25, -0.2) is 9.86 Å². The number of nitrogens with zero attached hydrogens (tertiary/aromatic N) is 2. The van der Waals surface area contributed by atoms with E-state index in [1.54, 1.807) is 7.05 Å². The van der Waals surface area contributed by atoms with Crippen LogP contribution in [0.2, 0.25) is 0 Å². The molecule has 0 unspecified atom stereocenters. The van der Waals surface area contributed by atoms with Gasteiger partial charge in [-0.2, -0.15) is 0 Å². The second-order valence-corrected chi connectivity index (χ2v) is 4.34. The third-order valence-corrected chi connectivity index (χ3v) is 3.08. The zero-order valence-electron chi connectivity index (χ0n) is 11.3. The molecule has 2 amide bonds. The van der Waals surface area contributed by atoms with E-state index in [1.807, 2.05) is 6.92 Å². The minimum atomic E-state index is -0.455. The molecule has 1 rings (SSSR count). The van der Waals surface area contributed by atoms with Crippen LogP contribution in [0.5, 0.6) is 0 Å². The van der Waals surface area contributed by atoms with Crippen molar-refractivity contribution < 1.29 is 19.2 Å². The molecule has 18 heavy (non-hydrogen) atoms. The van der Waals surface area contributed by atoms with Crippen LogP contribution >= 0.6 is 0 Å². The highest BCUT2D eigenvalue weighted by Crippen LogP contribution is 2.20. The number of amides is 2. The van der Waals surface area contributed by atoms with E-state index in [4.69, 9.17) is 9.57 Å². The van der Waals surface area contributed by atoms with Crippen LogP contribution in [0.15, 0.2) is 0 Å². The molecule has 1 aliphatic heterocycles. The van der Waals surface area contributed by atoms with Gasteiger partial charge in [0.15, 0.2) is 0 Å². The van der Waals surface area contributed by atoms with Gasteiger partial charge >= 0.3 is 6.09 Å². The fourth-order valence-electron chi connectivity index (χ4n) is 1.93. The van der Waals surface area contributed by atoms with E-state index >= 15 is 0 Å². The third-order valence-electron chi connectivity index (χ3n) is 3.08. The number of rotatable bonds is 5. The molecule has 0 N–H and O–H groups in total. The van der Waals surface area contributed by atoms with E-state index in [2.05, 4.69) is 0 Å². The lowest BCUT2D eigenvalue weighted by atomic mass is 10.2. The van der Waals surface area contributed by atoms with Gasteiger partial charge in [0.05, 0.1) is 13.7 Å². The summed E-state index contributed by atoms with van der Waals surface area (Å²) in [5.74, 6) is -0.206. The van der Waals surface area contributed by atoms with E-state index < -0.39 is 12.1 Å². The maximum absolute atomic E-state index is 12.0. The average molecular weight is 258 g/mol. The molecule has 1 fully saturated rings. The minimum absolute atomic E-state index is 0.206. The van der Waals surface area contributed by atoms with Gasteiger partial charge < -0.3 is 4.74 Å². The predicted octanol–water partition coefficient (Wildman–Crippen LogP) is 1.41. The van der Waals surface area contributed by atoms with Crippen LogP contribution in [0.25, 0.3) is 0 Å². The molecule has 0 aromatic heterocycles. The zero-order chi connectivity index (χ0) is 13.5. The molecule has 1 heterocycles. The lowest BCUT2D eigenvalue weighted by Gasteiger charge is -2.26. The number of carbonyl (C=O) groups is 2. The lowest BCUT2D eigenvalue weighted by molar-refractivity contribution is -0.173. The van der Waals surface area contributed by atoms with Gasteiger partial charge in [-0.1, -0.05) is 13.3 Å². The molecular formula is C12H22N2O4.